The van der Waals surface area contributed by atoms with E-state index >= 15 is 0 Å². The van der Waals surface area contributed by atoms with Crippen LogP contribution in [0.2, 0.25) is 5.02 Å². The van der Waals surface area contributed by atoms with Crippen molar-refractivity contribution in [3.63, 3.8) is 0 Å². The average molecular weight is 252 g/mol. The predicted octanol–water partition coefficient (Wildman–Crippen LogP) is 4.22. The molecule has 17 heavy (non-hydrogen) atoms. The van der Waals surface area contributed by atoms with Gasteiger partial charge in [-0.1, -0.05) is 49.7 Å². The van der Waals surface area contributed by atoms with E-state index in [1.54, 1.807) is 0 Å². The van der Waals surface area contributed by atoms with E-state index in [4.69, 9.17) is 11.6 Å². The van der Waals surface area contributed by atoms with Gasteiger partial charge in [0.2, 0.25) is 0 Å². The third-order valence-corrected chi connectivity index (χ3v) is 3.13. The van der Waals surface area contributed by atoms with Crippen molar-refractivity contribution in [1.82, 2.24) is 5.32 Å². The number of nitrogens with one attached hydrogen (secondary N) is 1. The van der Waals surface area contributed by atoms with Crippen LogP contribution >= 0.6 is 11.6 Å². The summed E-state index contributed by atoms with van der Waals surface area (Å²) in [6.45, 7) is 9.37. The van der Waals surface area contributed by atoms with Crippen molar-refractivity contribution in [3.05, 3.63) is 47.0 Å². The molecule has 1 atom stereocenters. The second-order valence-corrected chi connectivity index (χ2v) is 4.83. The molecule has 0 saturated heterocycles. The molecule has 0 radical (unpaired) electrons. The zero-order valence-corrected chi connectivity index (χ0v) is 11.6. The lowest BCUT2D eigenvalue weighted by atomic mass is 9.98. The van der Waals surface area contributed by atoms with Gasteiger partial charge >= 0.3 is 0 Å². The first-order valence-electron chi connectivity index (χ1n) is 6.30. The van der Waals surface area contributed by atoms with Crippen LogP contribution in [-0.4, -0.2) is 12.6 Å². The lowest BCUT2D eigenvalue weighted by Crippen LogP contribution is -2.31. The molecule has 0 heterocycles. The minimum atomic E-state index is 0.464. The third kappa shape index (κ3) is 5.38. The van der Waals surface area contributed by atoms with Gasteiger partial charge in [-0.25, -0.2) is 0 Å². The Balaban J connectivity index is 2.62. The van der Waals surface area contributed by atoms with Crippen molar-refractivity contribution in [2.24, 2.45) is 0 Å². The molecule has 1 aromatic carbocycles. The fraction of sp³-hybridized carbons (Fsp3) is 0.467. The smallest absolute Gasteiger partial charge is 0.0408 e. The largest absolute Gasteiger partial charge is 0.314 e. The molecule has 0 bridgehead atoms. The second-order valence-electron chi connectivity index (χ2n) is 4.40. The molecule has 1 N–H and O–H groups in total. The molecule has 0 amide bonds. The Morgan fingerprint density at radius 2 is 2.18 bits per heavy atom. The Kier molecular flexibility index (Phi) is 6.31. The standard InChI is InChI=1S/C15H22ClN/c1-4-12(3)9-15(17-5-2)11-13-7-6-8-14(16)10-13/h6-8,10,15,17H,3-5,9,11H2,1-2H3. The Bertz CT molecular complexity index is 360. The van der Waals surface area contributed by atoms with Gasteiger partial charge in [0.15, 0.2) is 0 Å². The summed E-state index contributed by atoms with van der Waals surface area (Å²) in [7, 11) is 0. The van der Waals surface area contributed by atoms with Crippen LogP contribution in [0.4, 0.5) is 0 Å². The Morgan fingerprint density at radius 3 is 2.76 bits per heavy atom. The van der Waals surface area contributed by atoms with Gasteiger partial charge in [0, 0.05) is 11.1 Å². The van der Waals surface area contributed by atoms with E-state index < -0.39 is 0 Å². The van der Waals surface area contributed by atoms with Crippen molar-refractivity contribution < 1.29 is 0 Å². The summed E-state index contributed by atoms with van der Waals surface area (Å²) < 4.78 is 0. The highest BCUT2D eigenvalue weighted by molar-refractivity contribution is 6.30. The van der Waals surface area contributed by atoms with Crippen molar-refractivity contribution >= 4 is 11.6 Å². The maximum atomic E-state index is 6.00. The molecule has 0 aliphatic rings. The summed E-state index contributed by atoms with van der Waals surface area (Å²) in [4.78, 5) is 0. The average Bonchev–Trinajstić information content (AvgIpc) is 2.29. The van der Waals surface area contributed by atoms with Gasteiger partial charge in [-0.15, -0.1) is 0 Å². The quantitative estimate of drug-likeness (QED) is 0.716. The van der Waals surface area contributed by atoms with E-state index in [9.17, 15) is 0 Å². The number of hydrogen-bond donors (Lipinski definition) is 1. The van der Waals surface area contributed by atoms with Gasteiger partial charge in [-0.05, 0) is 43.5 Å². The lowest BCUT2D eigenvalue weighted by molar-refractivity contribution is 0.516. The lowest BCUT2D eigenvalue weighted by Gasteiger charge is -2.19. The van der Waals surface area contributed by atoms with E-state index in [2.05, 4.69) is 31.8 Å². The molecule has 1 rings (SSSR count). The first kappa shape index (κ1) is 14.3. The van der Waals surface area contributed by atoms with E-state index in [-0.39, 0.29) is 0 Å². The van der Waals surface area contributed by atoms with Gasteiger partial charge in [-0.3, -0.25) is 0 Å². The van der Waals surface area contributed by atoms with E-state index in [0.29, 0.717) is 6.04 Å². The predicted molar refractivity (Wildman–Crippen MR) is 76.7 cm³/mol. The van der Waals surface area contributed by atoms with E-state index in [1.165, 1.54) is 11.1 Å². The van der Waals surface area contributed by atoms with Crippen LogP contribution in [0, 0.1) is 0 Å². The minimum absolute atomic E-state index is 0.464. The van der Waals surface area contributed by atoms with Gasteiger partial charge in [0.1, 0.15) is 0 Å². The number of likely N-dealkylation sites (N-methyl/N-ethyl adjacent to an activating group) is 1. The highest BCUT2D eigenvalue weighted by Crippen LogP contribution is 2.15. The zero-order chi connectivity index (χ0) is 12.7. The summed E-state index contributed by atoms with van der Waals surface area (Å²) in [6.07, 6.45) is 3.10. The van der Waals surface area contributed by atoms with E-state index in [0.717, 1.165) is 30.8 Å². The molecule has 0 fully saturated rings. The minimum Gasteiger partial charge on any atom is -0.314 e. The fourth-order valence-electron chi connectivity index (χ4n) is 1.95. The molecule has 2 heteroatoms. The van der Waals surface area contributed by atoms with Crippen LogP contribution in [0.15, 0.2) is 36.4 Å². The number of hydrogen-bond acceptors (Lipinski definition) is 1. The summed E-state index contributed by atoms with van der Waals surface area (Å²) in [5, 5.41) is 4.32. The van der Waals surface area contributed by atoms with Gasteiger partial charge in [0.05, 0.1) is 0 Å². The SMILES string of the molecule is C=C(CC)CC(Cc1cccc(Cl)c1)NCC. The number of rotatable bonds is 7. The van der Waals surface area contributed by atoms with Gasteiger partial charge in [-0.2, -0.15) is 0 Å². The molecule has 0 saturated carbocycles. The van der Waals surface area contributed by atoms with Gasteiger partial charge in [0.25, 0.3) is 0 Å². The molecule has 1 unspecified atom stereocenters. The Labute approximate surface area is 110 Å². The maximum absolute atomic E-state index is 6.00. The molecule has 0 spiro atoms. The molecular weight excluding hydrogens is 230 g/mol. The molecule has 0 aromatic heterocycles. The van der Waals surface area contributed by atoms with Crippen molar-refractivity contribution in [3.8, 4) is 0 Å². The van der Waals surface area contributed by atoms with Crippen molar-refractivity contribution in [2.45, 2.75) is 39.2 Å². The number of halogens is 1. The maximum Gasteiger partial charge on any atom is 0.0408 e. The number of benzene rings is 1. The molecule has 0 aliphatic carbocycles. The molecule has 1 aromatic rings. The summed E-state index contributed by atoms with van der Waals surface area (Å²) >= 11 is 6.00. The second kappa shape index (κ2) is 7.52. The monoisotopic (exact) mass is 251 g/mol. The van der Waals surface area contributed by atoms with Gasteiger partial charge < -0.3 is 5.32 Å². The summed E-state index contributed by atoms with van der Waals surface area (Å²) in [5.74, 6) is 0. The topological polar surface area (TPSA) is 12.0 Å². The first-order chi connectivity index (χ1) is 8.15. The Morgan fingerprint density at radius 1 is 1.41 bits per heavy atom. The summed E-state index contributed by atoms with van der Waals surface area (Å²) in [5.41, 5.74) is 2.59. The van der Waals surface area contributed by atoms with Crippen LogP contribution in [0.5, 0.6) is 0 Å². The van der Waals surface area contributed by atoms with E-state index in [1.807, 2.05) is 18.2 Å². The van der Waals surface area contributed by atoms with Crippen molar-refractivity contribution in [2.75, 3.05) is 6.54 Å². The Hall–Kier alpha value is -0.790. The fourth-order valence-corrected chi connectivity index (χ4v) is 2.16. The molecule has 1 nitrogen and oxygen atoms in total. The van der Waals surface area contributed by atoms with Crippen LogP contribution in [0.25, 0.3) is 0 Å². The molecule has 94 valence electrons. The van der Waals surface area contributed by atoms with Crippen LogP contribution in [0.3, 0.4) is 0 Å². The van der Waals surface area contributed by atoms with Crippen LogP contribution < -0.4 is 5.32 Å². The summed E-state index contributed by atoms with van der Waals surface area (Å²) in [6, 6.07) is 8.56. The molecule has 0 aliphatic heterocycles. The highest BCUT2D eigenvalue weighted by Gasteiger charge is 2.09. The zero-order valence-electron chi connectivity index (χ0n) is 10.8. The highest BCUT2D eigenvalue weighted by atomic mass is 35.5. The first-order valence-corrected chi connectivity index (χ1v) is 6.68. The third-order valence-electron chi connectivity index (χ3n) is 2.90. The van der Waals surface area contributed by atoms with Crippen molar-refractivity contribution in [1.29, 1.82) is 0 Å². The van der Waals surface area contributed by atoms with Crippen LogP contribution in [-0.2, 0) is 6.42 Å². The molecular formula is C15H22ClN. The normalized spacial score (nSPS) is 12.4. The van der Waals surface area contributed by atoms with Crippen LogP contribution in [0.1, 0.15) is 32.3 Å².